The lowest BCUT2D eigenvalue weighted by Gasteiger charge is -2.11. The minimum Gasteiger partial charge on any atom is -0.486 e. The fourth-order valence-electron chi connectivity index (χ4n) is 4.11. The van der Waals surface area contributed by atoms with E-state index >= 15 is 0 Å². The van der Waals surface area contributed by atoms with Crippen molar-refractivity contribution in [3.63, 3.8) is 0 Å². The molecule has 3 heterocycles. The van der Waals surface area contributed by atoms with Crippen LogP contribution < -0.4 is 15.8 Å². The maximum absolute atomic E-state index is 12.3. The number of rotatable bonds is 6. The molecule has 5 rings (SSSR count). The SMILES string of the molecule is Cc1onc(-c2ccccc2)c1-c1cc(Cl)c2c(c1)CC(CNC(=O)C=Cc1ccc(N)nc1)O2. The van der Waals surface area contributed by atoms with Crippen molar-refractivity contribution in [3.8, 4) is 28.1 Å². The molecule has 2 aromatic heterocycles. The number of nitrogens with one attached hydrogen (secondary N) is 1. The third kappa shape index (κ3) is 4.90. The highest BCUT2D eigenvalue weighted by atomic mass is 35.5. The number of ether oxygens (including phenoxy) is 1. The van der Waals surface area contributed by atoms with E-state index in [1.54, 1.807) is 24.4 Å². The fourth-order valence-corrected chi connectivity index (χ4v) is 4.40. The molecule has 0 aliphatic carbocycles. The van der Waals surface area contributed by atoms with E-state index in [9.17, 15) is 4.79 Å². The molecule has 3 N–H and O–H groups in total. The van der Waals surface area contributed by atoms with E-state index in [-0.39, 0.29) is 12.0 Å². The van der Waals surface area contributed by atoms with Crippen LogP contribution in [0.2, 0.25) is 5.02 Å². The molecule has 0 radical (unpaired) electrons. The smallest absolute Gasteiger partial charge is 0.244 e. The molecule has 35 heavy (non-hydrogen) atoms. The number of nitrogens with two attached hydrogens (primary N) is 1. The molecule has 2 aromatic carbocycles. The largest absolute Gasteiger partial charge is 0.486 e. The first-order chi connectivity index (χ1) is 17.0. The molecule has 1 aliphatic rings. The Kier molecular flexibility index (Phi) is 6.25. The Morgan fingerprint density at radius 1 is 1.20 bits per heavy atom. The number of anilines is 1. The zero-order valence-corrected chi connectivity index (χ0v) is 19.8. The lowest BCUT2D eigenvalue weighted by molar-refractivity contribution is -0.116. The number of carbonyl (C=O) groups is 1. The molecule has 0 saturated carbocycles. The van der Waals surface area contributed by atoms with Gasteiger partial charge in [-0.1, -0.05) is 47.1 Å². The molecule has 4 aromatic rings. The van der Waals surface area contributed by atoms with Gasteiger partial charge in [0, 0.05) is 29.8 Å². The number of nitrogen functional groups attached to an aromatic ring is 1. The number of carbonyl (C=O) groups excluding carboxylic acids is 1. The maximum Gasteiger partial charge on any atom is 0.244 e. The minimum absolute atomic E-state index is 0.217. The molecule has 0 bridgehead atoms. The van der Waals surface area contributed by atoms with Gasteiger partial charge in [0.15, 0.2) is 0 Å². The monoisotopic (exact) mass is 486 g/mol. The van der Waals surface area contributed by atoms with Gasteiger partial charge in [0.2, 0.25) is 5.91 Å². The van der Waals surface area contributed by atoms with E-state index in [0.29, 0.717) is 35.3 Å². The zero-order valence-electron chi connectivity index (χ0n) is 19.0. The summed E-state index contributed by atoms with van der Waals surface area (Å²) in [6, 6.07) is 17.3. The topological polar surface area (TPSA) is 103 Å². The summed E-state index contributed by atoms with van der Waals surface area (Å²) in [4.78, 5) is 16.3. The van der Waals surface area contributed by atoms with Gasteiger partial charge in [0.05, 0.1) is 17.1 Å². The molecule has 0 saturated heterocycles. The van der Waals surface area contributed by atoms with Gasteiger partial charge in [-0.05, 0) is 48.4 Å². The summed E-state index contributed by atoms with van der Waals surface area (Å²) in [5.41, 5.74) is 10.9. The first kappa shape index (κ1) is 22.7. The molecule has 176 valence electrons. The molecule has 1 amide bonds. The van der Waals surface area contributed by atoms with Gasteiger partial charge in [-0.25, -0.2) is 4.98 Å². The van der Waals surface area contributed by atoms with Crippen LogP contribution in [0, 0.1) is 6.92 Å². The highest BCUT2D eigenvalue weighted by molar-refractivity contribution is 6.32. The highest BCUT2D eigenvalue weighted by Crippen LogP contribution is 2.42. The Bertz CT molecular complexity index is 1400. The van der Waals surface area contributed by atoms with Crippen molar-refractivity contribution >= 4 is 29.4 Å². The number of pyridine rings is 1. The number of halogens is 1. The standard InChI is InChI=1S/C27H23ClN4O3/c1-16-25(26(32-35-16)18-5-3-2-4-6-18)19-11-20-12-21(34-27(20)22(28)13-19)15-31-24(33)10-8-17-7-9-23(29)30-14-17/h2-11,13-14,21H,12,15H2,1H3,(H2,29,30)(H,31,33). The van der Waals surface area contributed by atoms with Gasteiger partial charge >= 0.3 is 0 Å². The Morgan fingerprint density at radius 3 is 2.80 bits per heavy atom. The third-order valence-corrected chi connectivity index (χ3v) is 6.07. The van der Waals surface area contributed by atoms with E-state index in [1.165, 1.54) is 6.08 Å². The predicted octanol–water partition coefficient (Wildman–Crippen LogP) is 5.08. The van der Waals surface area contributed by atoms with Gasteiger partial charge in [-0.2, -0.15) is 0 Å². The number of aromatic nitrogens is 2. The van der Waals surface area contributed by atoms with E-state index in [1.807, 2.05) is 43.3 Å². The van der Waals surface area contributed by atoms with Crippen LogP contribution in [-0.4, -0.2) is 28.7 Å². The summed E-state index contributed by atoms with van der Waals surface area (Å²) < 4.78 is 11.6. The summed E-state index contributed by atoms with van der Waals surface area (Å²) in [6.07, 6.45) is 5.15. The average Bonchev–Trinajstić information content (AvgIpc) is 3.46. The van der Waals surface area contributed by atoms with Crippen molar-refractivity contribution in [2.24, 2.45) is 0 Å². The summed E-state index contributed by atoms with van der Waals surface area (Å²) in [6.45, 7) is 2.24. The first-order valence-corrected chi connectivity index (χ1v) is 11.5. The van der Waals surface area contributed by atoms with Crippen molar-refractivity contribution in [2.75, 3.05) is 12.3 Å². The second kappa shape index (κ2) is 9.64. The third-order valence-electron chi connectivity index (χ3n) is 5.79. The van der Waals surface area contributed by atoms with Gasteiger partial charge in [-0.3, -0.25) is 4.79 Å². The number of hydrogen-bond acceptors (Lipinski definition) is 6. The number of benzene rings is 2. The van der Waals surface area contributed by atoms with E-state index in [0.717, 1.165) is 33.5 Å². The van der Waals surface area contributed by atoms with Gasteiger partial charge < -0.3 is 20.3 Å². The molecule has 7 nitrogen and oxygen atoms in total. The van der Waals surface area contributed by atoms with E-state index < -0.39 is 0 Å². The fraction of sp³-hybridized carbons (Fsp3) is 0.148. The van der Waals surface area contributed by atoms with Gasteiger partial charge in [0.25, 0.3) is 0 Å². The summed E-state index contributed by atoms with van der Waals surface area (Å²) in [5.74, 6) is 1.57. The van der Waals surface area contributed by atoms with Crippen molar-refractivity contribution in [3.05, 3.63) is 88.8 Å². The second-order valence-electron chi connectivity index (χ2n) is 8.31. The highest BCUT2D eigenvalue weighted by Gasteiger charge is 2.28. The summed E-state index contributed by atoms with van der Waals surface area (Å²) in [5, 5.41) is 7.67. The zero-order chi connectivity index (χ0) is 24.4. The average molecular weight is 487 g/mol. The van der Waals surface area contributed by atoms with Gasteiger partial charge in [-0.15, -0.1) is 0 Å². The first-order valence-electron chi connectivity index (χ1n) is 11.2. The Hall–Kier alpha value is -4.10. The van der Waals surface area contributed by atoms with Crippen LogP contribution in [0.4, 0.5) is 5.82 Å². The molecule has 1 atom stereocenters. The number of fused-ring (bicyclic) bond motifs is 1. The van der Waals surface area contributed by atoms with Crippen LogP contribution in [-0.2, 0) is 11.2 Å². The van der Waals surface area contributed by atoms with E-state index in [2.05, 4.69) is 21.5 Å². The molecule has 1 unspecified atom stereocenters. The van der Waals surface area contributed by atoms with Crippen molar-refractivity contribution in [1.82, 2.24) is 15.5 Å². The second-order valence-corrected chi connectivity index (χ2v) is 8.72. The Labute approximate surface area is 207 Å². The summed E-state index contributed by atoms with van der Waals surface area (Å²) >= 11 is 6.61. The number of nitrogens with zero attached hydrogens (tertiary/aromatic N) is 2. The Morgan fingerprint density at radius 2 is 2.03 bits per heavy atom. The molecule has 0 fully saturated rings. The quantitative estimate of drug-likeness (QED) is 0.368. The van der Waals surface area contributed by atoms with Crippen LogP contribution in [0.25, 0.3) is 28.5 Å². The molecule has 8 heteroatoms. The molecular weight excluding hydrogens is 464 g/mol. The van der Waals surface area contributed by atoms with Crippen LogP contribution in [0.1, 0.15) is 16.9 Å². The number of aryl methyl sites for hydroxylation is 1. The minimum atomic E-state index is -0.222. The number of amides is 1. The number of hydrogen-bond donors (Lipinski definition) is 2. The van der Waals surface area contributed by atoms with Crippen LogP contribution >= 0.6 is 11.6 Å². The maximum atomic E-state index is 12.3. The normalized spacial score (nSPS) is 14.6. The van der Waals surface area contributed by atoms with Crippen LogP contribution in [0.15, 0.2) is 71.4 Å². The summed E-state index contributed by atoms with van der Waals surface area (Å²) in [7, 11) is 0. The lowest BCUT2D eigenvalue weighted by Crippen LogP contribution is -2.33. The van der Waals surface area contributed by atoms with Crippen molar-refractivity contribution in [1.29, 1.82) is 0 Å². The molecule has 1 aliphatic heterocycles. The lowest BCUT2D eigenvalue weighted by atomic mass is 9.97. The van der Waals surface area contributed by atoms with Crippen LogP contribution in [0.5, 0.6) is 5.75 Å². The predicted molar refractivity (Wildman–Crippen MR) is 136 cm³/mol. The van der Waals surface area contributed by atoms with Gasteiger partial charge in [0.1, 0.15) is 29.1 Å². The molecule has 0 spiro atoms. The molecular formula is C27H23ClN4O3. The Balaban J connectivity index is 1.29. The van der Waals surface area contributed by atoms with Crippen LogP contribution in [0.3, 0.4) is 0 Å². The van der Waals surface area contributed by atoms with Crippen molar-refractivity contribution < 1.29 is 14.1 Å². The van der Waals surface area contributed by atoms with Crippen molar-refractivity contribution in [2.45, 2.75) is 19.4 Å². The van der Waals surface area contributed by atoms with E-state index in [4.69, 9.17) is 26.6 Å².